The van der Waals surface area contributed by atoms with Crippen LogP contribution >= 0.6 is 0 Å². The fourth-order valence-electron chi connectivity index (χ4n) is 4.33. The van der Waals surface area contributed by atoms with Crippen molar-refractivity contribution in [1.82, 2.24) is 24.7 Å². The van der Waals surface area contributed by atoms with Crippen LogP contribution in [0.2, 0.25) is 0 Å². The number of amides is 1. The van der Waals surface area contributed by atoms with Crippen LogP contribution < -0.4 is 10.2 Å². The zero-order chi connectivity index (χ0) is 24.0. The Hall–Kier alpha value is -3.50. The Bertz CT molecular complexity index is 1220. The van der Waals surface area contributed by atoms with Crippen LogP contribution in [0.15, 0.2) is 30.7 Å². The smallest absolute Gasteiger partial charge is 0.346 e. The lowest BCUT2D eigenvalue weighted by Gasteiger charge is -2.35. The van der Waals surface area contributed by atoms with E-state index in [0.717, 1.165) is 36.0 Å². The average molecular weight is 471 g/mol. The summed E-state index contributed by atoms with van der Waals surface area (Å²) in [6.45, 7) is 2.19. The summed E-state index contributed by atoms with van der Waals surface area (Å²) in [6.07, 6.45) is 3.73. The van der Waals surface area contributed by atoms with E-state index in [1.54, 1.807) is 10.9 Å². The molecule has 1 aliphatic heterocycles. The summed E-state index contributed by atoms with van der Waals surface area (Å²) in [5.41, 5.74) is 2.10. The van der Waals surface area contributed by atoms with Gasteiger partial charge in [0.2, 0.25) is 5.91 Å². The number of carbonyl (C=O) groups is 1. The van der Waals surface area contributed by atoms with Crippen molar-refractivity contribution in [3.05, 3.63) is 59.1 Å². The monoisotopic (exact) mass is 471 g/mol. The number of likely N-dealkylation sites (N-methyl/N-ethyl adjacent to an activating group) is 1. The maximum Gasteiger partial charge on any atom is 0.433 e. The van der Waals surface area contributed by atoms with Crippen LogP contribution in [0, 0.1) is 12.8 Å². The summed E-state index contributed by atoms with van der Waals surface area (Å²) in [4.78, 5) is 27.3. The normalized spacial score (nSPS) is 18.1. The van der Waals surface area contributed by atoms with Crippen molar-refractivity contribution in [2.45, 2.75) is 51.4 Å². The van der Waals surface area contributed by atoms with E-state index in [9.17, 15) is 18.0 Å². The highest BCUT2D eigenvalue weighted by Crippen LogP contribution is 2.41. The van der Waals surface area contributed by atoms with Gasteiger partial charge in [-0.25, -0.2) is 9.97 Å². The fourth-order valence-corrected chi connectivity index (χ4v) is 4.33. The Kier molecular flexibility index (Phi) is 5.49. The Morgan fingerprint density at radius 1 is 1.12 bits per heavy atom. The van der Waals surface area contributed by atoms with Crippen LogP contribution in [0.3, 0.4) is 0 Å². The lowest BCUT2D eigenvalue weighted by molar-refractivity contribution is -0.141. The van der Waals surface area contributed by atoms with Gasteiger partial charge in [0, 0.05) is 25.9 Å². The third kappa shape index (κ3) is 4.46. The fraction of sp³-hybridized carbons (Fsp3) is 0.435. The van der Waals surface area contributed by atoms with E-state index in [1.165, 1.54) is 12.3 Å². The van der Waals surface area contributed by atoms with Crippen LogP contribution in [-0.2, 0) is 30.4 Å². The van der Waals surface area contributed by atoms with Crippen molar-refractivity contribution in [2.24, 2.45) is 5.92 Å². The van der Waals surface area contributed by atoms with Crippen molar-refractivity contribution in [1.29, 1.82) is 0 Å². The first-order valence-electron chi connectivity index (χ1n) is 11.1. The molecule has 1 aliphatic carbocycles. The first-order valence-corrected chi connectivity index (χ1v) is 11.1. The number of anilines is 2. The zero-order valence-corrected chi connectivity index (χ0v) is 18.8. The number of aryl methyl sites for hydroxylation is 3. The van der Waals surface area contributed by atoms with E-state index >= 15 is 0 Å². The van der Waals surface area contributed by atoms with Crippen LogP contribution in [0.25, 0.3) is 0 Å². The summed E-state index contributed by atoms with van der Waals surface area (Å²) >= 11 is 0. The van der Waals surface area contributed by atoms with Crippen LogP contribution in [0.5, 0.6) is 0 Å². The quantitative estimate of drug-likeness (QED) is 0.593. The molecular weight excluding hydrogens is 447 g/mol. The largest absolute Gasteiger partial charge is 0.433 e. The molecule has 0 radical (unpaired) electrons. The molecule has 0 aromatic carbocycles. The number of hydrogen-bond donors (Lipinski definition) is 1. The molecule has 0 saturated heterocycles. The van der Waals surface area contributed by atoms with Crippen LogP contribution in [0.1, 0.15) is 41.2 Å². The van der Waals surface area contributed by atoms with E-state index in [2.05, 4.69) is 20.4 Å². The minimum Gasteiger partial charge on any atom is -0.346 e. The van der Waals surface area contributed by atoms with Gasteiger partial charge >= 0.3 is 6.18 Å². The standard InChI is InChI=1S/C23H24F3N7O/c1-13-19-21(32(2)20(16-5-6-16)22(34)31-19)30-18(29-13)8-4-15-10-28-33(12-15)11-14-3-7-17(27-9-14)23(24,25)26/h3,7,9-10,12,16,20H,4-6,8,11H2,1-2H3,(H,31,34)/t20-/m1/s1. The van der Waals surface area contributed by atoms with E-state index in [-0.39, 0.29) is 11.9 Å². The number of rotatable bonds is 6. The second kappa shape index (κ2) is 8.37. The molecule has 1 saturated carbocycles. The number of aromatic nitrogens is 5. The Morgan fingerprint density at radius 3 is 2.59 bits per heavy atom. The van der Waals surface area contributed by atoms with Crippen molar-refractivity contribution in [3.8, 4) is 0 Å². The number of hydrogen-bond acceptors (Lipinski definition) is 6. The van der Waals surface area contributed by atoms with E-state index in [4.69, 9.17) is 4.98 Å². The van der Waals surface area contributed by atoms with Crippen LogP contribution in [-0.4, -0.2) is 43.7 Å². The van der Waals surface area contributed by atoms with Crippen molar-refractivity contribution in [3.63, 3.8) is 0 Å². The molecule has 0 spiro atoms. The topological polar surface area (TPSA) is 88.8 Å². The van der Waals surface area contributed by atoms with Gasteiger partial charge in [-0.15, -0.1) is 0 Å². The van der Waals surface area contributed by atoms with Gasteiger partial charge in [0.1, 0.15) is 23.2 Å². The second-order valence-electron chi connectivity index (χ2n) is 8.90. The van der Waals surface area contributed by atoms with Crippen molar-refractivity contribution in [2.75, 3.05) is 17.3 Å². The summed E-state index contributed by atoms with van der Waals surface area (Å²) < 4.78 is 39.7. The highest BCUT2D eigenvalue weighted by Gasteiger charge is 2.43. The molecule has 11 heteroatoms. The summed E-state index contributed by atoms with van der Waals surface area (Å²) in [7, 11) is 1.91. The summed E-state index contributed by atoms with van der Waals surface area (Å²) in [5.74, 6) is 1.83. The molecule has 1 amide bonds. The van der Waals surface area contributed by atoms with Gasteiger partial charge in [-0.1, -0.05) is 6.07 Å². The lowest BCUT2D eigenvalue weighted by atomic mass is 10.1. The molecule has 1 atom stereocenters. The molecule has 0 bridgehead atoms. The first-order chi connectivity index (χ1) is 16.2. The van der Waals surface area contributed by atoms with Crippen LogP contribution in [0.4, 0.5) is 24.7 Å². The summed E-state index contributed by atoms with van der Waals surface area (Å²) in [5, 5.41) is 7.29. The first kappa shape index (κ1) is 22.3. The number of pyridine rings is 1. The van der Waals surface area contributed by atoms with Gasteiger partial charge in [-0.2, -0.15) is 18.3 Å². The predicted octanol–water partition coefficient (Wildman–Crippen LogP) is 3.40. The van der Waals surface area contributed by atoms with Gasteiger partial charge in [-0.3, -0.25) is 14.5 Å². The van der Waals surface area contributed by atoms with E-state index < -0.39 is 11.9 Å². The number of nitrogens with one attached hydrogen (secondary N) is 1. The maximum atomic E-state index is 12.7. The molecule has 4 heterocycles. The van der Waals surface area contributed by atoms with E-state index in [0.29, 0.717) is 42.4 Å². The third-order valence-corrected chi connectivity index (χ3v) is 6.24. The second-order valence-corrected chi connectivity index (χ2v) is 8.90. The van der Waals surface area contributed by atoms with E-state index in [1.807, 2.05) is 25.1 Å². The molecule has 5 rings (SSSR count). The average Bonchev–Trinajstić information content (AvgIpc) is 3.51. The predicted molar refractivity (Wildman–Crippen MR) is 118 cm³/mol. The number of alkyl halides is 3. The molecule has 1 N–H and O–H groups in total. The van der Waals surface area contributed by atoms with Gasteiger partial charge in [0.05, 0.1) is 18.4 Å². The Balaban J connectivity index is 1.25. The molecule has 178 valence electrons. The molecule has 0 unspecified atom stereocenters. The SMILES string of the molecule is Cc1nc(CCc2cnn(Cc3ccc(C(F)(F)F)nc3)c2)nc2c1NC(=O)[C@@H](C1CC1)N2C. The number of carbonyl (C=O) groups excluding carboxylic acids is 1. The molecule has 3 aromatic rings. The number of nitrogens with zero attached hydrogens (tertiary/aromatic N) is 6. The minimum atomic E-state index is -4.45. The summed E-state index contributed by atoms with van der Waals surface area (Å²) in [6, 6.07) is 2.20. The molecule has 8 nitrogen and oxygen atoms in total. The van der Waals surface area contributed by atoms with Gasteiger partial charge in [0.25, 0.3) is 0 Å². The third-order valence-electron chi connectivity index (χ3n) is 6.24. The molecule has 34 heavy (non-hydrogen) atoms. The Labute approximate surface area is 194 Å². The van der Waals surface area contributed by atoms with Gasteiger partial charge in [0.15, 0.2) is 5.82 Å². The highest BCUT2D eigenvalue weighted by molar-refractivity contribution is 6.03. The van der Waals surface area contributed by atoms with Gasteiger partial charge in [-0.05, 0) is 49.3 Å². The maximum absolute atomic E-state index is 12.7. The number of halogens is 3. The number of fused-ring (bicyclic) bond motifs is 1. The van der Waals surface area contributed by atoms with Gasteiger partial charge < -0.3 is 10.2 Å². The van der Waals surface area contributed by atoms with Crippen molar-refractivity contribution < 1.29 is 18.0 Å². The lowest BCUT2D eigenvalue weighted by Crippen LogP contribution is -2.48. The van der Waals surface area contributed by atoms with Crippen molar-refractivity contribution >= 4 is 17.4 Å². The highest BCUT2D eigenvalue weighted by atomic mass is 19.4. The molecule has 2 aliphatic rings. The zero-order valence-electron chi connectivity index (χ0n) is 18.8. The molecular formula is C23H24F3N7O. The minimum absolute atomic E-state index is 0.00705. The molecule has 3 aromatic heterocycles. The Morgan fingerprint density at radius 2 is 1.91 bits per heavy atom. The molecule has 1 fully saturated rings.